The third-order valence-electron chi connectivity index (χ3n) is 6.73. The van der Waals surface area contributed by atoms with E-state index in [9.17, 15) is 23.1 Å². The minimum absolute atomic E-state index is 0.0626. The Morgan fingerprint density at radius 3 is 2.54 bits per heavy atom. The van der Waals surface area contributed by atoms with Gasteiger partial charge in [-0.1, -0.05) is 6.92 Å². The molecule has 0 saturated heterocycles. The second-order valence-electron chi connectivity index (χ2n) is 10.8. The Bertz CT molecular complexity index is 1070. The van der Waals surface area contributed by atoms with E-state index in [0.717, 1.165) is 25.5 Å². The van der Waals surface area contributed by atoms with E-state index < -0.39 is 28.2 Å². The molecule has 4 atom stereocenters. The van der Waals surface area contributed by atoms with E-state index in [1.807, 2.05) is 27.7 Å². The molecular formula is C27H46N4O7S. The molecule has 1 aromatic rings. The lowest BCUT2D eigenvalue weighted by Crippen LogP contribution is -2.48. The van der Waals surface area contributed by atoms with Crippen LogP contribution in [0.15, 0.2) is 18.2 Å². The molecule has 1 aliphatic rings. The molecule has 1 aliphatic heterocycles. The molecule has 0 fully saturated rings. The van der Waals surface area contributed by atoms with Crippen LogP contribution in [-0.2, 0) is 14.8 Å². The van der Waals surface area contributed by atoms with Gasteiger partial charge in [-0.3, -0.25) is 4.79 Å². The van der Waals surface area contributed by atoms with Crippen LogP contribution >= 0.6 is 0 Å². The lowest BCUT2D eigenvalue weighted by Gasteiger charge is -2.35. The molecule has 39 heavy (non-hydrogen) atoms. The van der Waals surface area contributed by atoms with Gasteiger partial charge in [0, 0.05) is 44.4 Å². The van der Waals surface area contributed by atoms with Crippen LogP contribution in [-0.4, -0.2) is 98.6 Å². The standard InChI is InChI=1S/C27H46N4O7S/c1-18(2)28-27(34)29-22-11-12-24-23(14-22)26(33)31(20(4)17-32)15-19(3)25(16-30(6)39(7,35)36)37-13-9-8-10-21(5)38-24/h11-12,14,18-21,25,32H,8-10,13,15-17H2,1-7H3,(H2,28,29,34)/t19-,20+,21-,25-/m0/s1. The van der Waals surface area contributed by atoms with Crippen molar-refractivity contribution in [1.29, 1.82) is 0 Å². The molecule has 3 N–H and O–H groups in total. The van der Waals surface area contributed by atoms with E-state index in [1.54, 1.807) is 30.0 Å². The minimum atomic E-state index is -3.43. The van der Waals surface area contributed by atoms with Gasteiger partial charge in [0.25, 0.3) is 5.91 Å². The molecule has 0 aliphatic carbocycles. The van der Waals surface area contributed by atoms with E-state index in [4.69, 9.17) is 9.47 Å². The summed E-state index contributed by atoms with van der Waals surface area (Å²) in [4.78, 5) is 27.9. The Morgan fingerprint density at radius 2 is 1.92 bits per heavy atom. The first-order valence-electron chi connectivity index (χ1n) is 13.6. The number of ether oxygens (including phenoxy) is 2. The predicted molar refractivity (Wildman–Crippen MR) is 152 cm³/mol. The summed E-state index contributed by atoms with van der Waals surface area (Å²) in [7, 11) is -1.92. The number of hydrogen-bond acceptors (Lipinski definition) is 7. The molecule has 11 nitrogen and oxygen atoms in total. The highest BCUT2D eigenvalue weighted by atomic mass is 32.2. The van der Waals surface area contributed by atoms with Gasteiger partial charge in [0.05, 0.1) is 36.7 Å². The van der Waals surface area contributed by atoms with E-state index in [2.05, 4.69) is 10.6 Å². The number of aliphatic hydroxyl groups is 1. The molecule has 222 valence electrons. The summed E-state index contributed by atoms with van der Waals surface area (Å²) in [6.07, 6.45) is 2.84. The van der Waals surface area contributed by atoms with Crippen molar-refractivity contribution in [3.63, 3.8) is 0 Å². The summed E-state index contributed by atoms with van der Waals surface area (Å²) >= 11 is 0. The second kappa shape index (κ2) is 14.8. The first kappa shape index (κ1) is 32.8. The number of carbonyl (C=O) groups is 2. The second-order valence-corrected chi connectivity index (χ2v) is 12.9. The highest BCUT2D eigenvalue weighted by molar-refractivity contribution is 7.88. The highest BCUT2D eigenvalue weighted by Crippen LogP contribution is 2.28. The molecule has 12 heteroatoms. The lowest BCUT2D eigenvalue weighted by atomic mass is 10.0. The fourth-order valence-electron chi connectivity index (χ4n) is 4.28. The summed E-state index contributed by atoms with van der Waals surface area (Å²) < 4.78 is 37.8. The third kappa shape index (κ3) is 10.3. The summed E-state index contributed by atoms with van der Waals surface area (Å²) in [5.74, 6) is -0.228. The molecule has 0 bridgehead atoms. The van der Waals surface area contributed by atoms with Gasteiger partial charge in [-0.15, -0.1) is 0 Å². The number of urea groups is 1. The Labute approximate surface area is 233 Å². The molecule has 0 radical (unpaired) electrons. The van der Waals surface area contributed by atoms with Crippen LogP contribution < -0.4 is 15.4 Å². The predicted octanol–water partition coefficient (Wildman–Crippen LogP) is 2.90. The number of rotatable bonds is 7. The SMILES string of the molecule is CC(C)NC(=O)Nc1ccc2c(c1)C(=O)N([C@H](C)CO)C[C@H](C)[C@H](CN(C)S(C)(=O)=O)OCCCC[C@H](C)O2. The summed E-state index contributed by atoms with van der Waals surface area (Å²) in [6, 6.07) is 3.97. The van der Waals surface area contributed by atoms with Crippen LogP contribution in [0.3, 0.4) is 0 Å². The Balaban J connectivity index is 2.49. The van der Waals surface area contributed by atoms with Gasteiger partial charge in [-0.25, -0.2) is 17.5 Å². The number of nitrogens with one attached hydrogen (secondary N) is 2. The molecule has 2 rings (SSSR count). The normalized spacial score (nSPS) is 22.6. The number of carbonyl (C=O) groups excluding carboxylic acids is 2. The Hall–Kier alpha value is -2.41. The van der Waals surface area contributed by atoms with Gasteiger partial charge in [0.1, 0.15) is 5.75 Å². The molecule has 3 amide bonds. The lowest BCUT2D eigenvalue weighted by molar-refractivity contribution is -0.00828. The van der Waals surface area contributed by atoms with Crippen molar-refractivity contribution in [3.8, 4) is 5.75 Å². The van der Waals surface area contributed by atoms with E-state index >= 15 is 0 Å². The average Bonchev–Trinajstić information content (AvgIpc) is 2.84. The summed E-state index contributed by atoms with van der Waals surface area (Å²) in [5.41, 5.74) is 0.692. The number of amides is 3. The number of fused-ring (bicyclic) bond motifs is 1. The van der Waals surface area contributed by atoms with Gasteiger partial charge >= 0.3 is 6.03 Å². The first-order chi connectivity index (χ1) is 18.2. The van der Waals surface area contributed by atoms with E-state index in [1.165, 1.54) is 11.4 Å². The number of sulfonamides is 1. The number of hydrogen-bond donors (Lipinski definition) is 3. The van der Waals surface area contributed by atoms with Crippen LogP contribution in [0.1, 0.15) is 64.2 Å². The van der Waals surface area contributed by atoms with E-state index in [0.29, 0.717) is 18.0 Å². The molecule has 0 unspecified atom stereocenters. The molecule has 0 saturated carbocycles. The van der Waals surface area contributed by atoms with Crippen molar-refractivity contribution in [2.24, 2.45) is 5.92 Å². The van der Waals surface area contributed by atoms with Crippen molar-refractivity contribution < 1.29 is 32.6 Å². The maximum atomic E-state index is 14.0. The summed E-state index contributed by atoms with van der Waals surface area (Å²) in [5, 5.41) is 15.5. The fraction of sp³-hybridized carbons (Fsp3) is 0.704. The van der Waals surface area contributed by atoms with Crippen molar-refractivity contribution in [3.05, 3.63) is 23.8 Å². The van der Waals surface area contributed by atoms with Crippen molar-refractivity contribution in [2.75, 3.05) is 44.9 Å². The number of benzene rings is 1. The maximum Gasteiger partial charge on any atom is 0.319 e. The quantitative estimate of drug-likeness (QED) is 0.458. The zero-order valence-corrected chi connectivity index (χ0v) is 25.1. The van der Waals surface area contributed by atoms with Crippen molar-refractivity contribution in [1.82, 2.24) is 14.5 Å². The number of anilines is 1. The largest absolute Gasteiger partial charge is 0.490 e. The molecule has 0 aromatic heterocycles. The maximum absolute atomic E-state index is 14.0. The van der Waals surface area contributed by atoms with Crippen molar-refractivity contribution >= 4 is 27.6 Å². The third-order valence-corrected chi connectivity index (χ3v) is 8.01. The van der Waals surface area contributed by atoms with Gasteiger partial charge in [0.2, 0.25) is 10.0 Å². The first-order valence-corrected chi connectivity index (χ1v) is 15.4. The molecule has 1 aromatic carbocycles. The van der Waals surface area contributed by atoms with Crippen LogP contribution in [0.2, 0.25) is 0 Å². The Kier molecular flexibility index (Phi) is 12.5. The molecular weight excluding hydrogens is 524 g/mol. The van der Waals surface area contributed by atoms with Gasteiger partial charge in [-0.2, -0.15) is 0 Å². The van der Waals surface area contributed by atoms with Crippen LogP contribution in [0.4, 0.5) is 10.5 Å². The van der Waals surface area contributed by atoms with Gasteiger partial charge in [-0.05, 0) is 65.2 Å². The van der Waals surface area contributed by atoms with Crippen LogP contribution in [0.25, 0.3) is 0 Å². The zero-order chi connectivity index (χ0) is 29.3. The Morgan fingerprint density at radius 1 is 1.23 bits per heavy atom. The molecule has 1 heterocycles. The van der Waals surface area contributed by atoms with Crippen LogP contribution in [0, 0.1) is 5.92 Å². The number of aliphatic hydroxyl groups excluding tert-OH is 1. The molecule has 0 spiro atoms. The fourth-order valence-corrected chi connectivity index (χ4v) is 4.70. The van der Waals surface area contributed by atoms with Crippen molar-refractivity contribution in [2.45, 2.75) is 78.2 Å². The van der Waals surface area contributed by atoms with Gasteiger partial charge in [0.15, 0.2) is 0 Å². The minimum Gasteiger partial charge on any atom is -0.490 e. The van der Waals surface area contributed by atoms with Gasteiger partial charge < -0.3 is 30.1 Å². The van der Waals surface area contributed by atoms with Crippen LogP contribution in [0.5, 0.6) is 5.75 Å². The topological polar surface area (TPSA) is 138 Å². The average molecular weight is 571 g/mol. The number of nitrogens with zero attached hydrogens (tertiary/aromatic N) is 2. The highest BCUT2D eigenvalue weighted by Gasteiger charge is 2.31. The smallest absolute Gasteiger partial charge is 0.319 e. The summed E-state index contributed by atoms with van der Waals surface area (Å²) in [6.45, 7) is 9.82. The number of likely N-dealkylation sites (N-methyl/N-ethyl adjacent to an activating group) is 1. The zero-order valence-electron chi connectivity index (χ0n) is 24.3. The monoisotopic (exact) mass is 570 g/mol. The van der Waals surface area contributed by atoms with E-state index in [-0.39, 0.29) is 49.2 Å².